The third-order valence-electron chi connectivity index (χ3n) is 6.65. The van der Waals surface area contributed by atoms with E-state index in [0.29, 0.717) is 38.0 Å². The van der Waals surface area contributed by atoms with Crippen LogP contribution in [0.3, 0.4) is 0 Å². The summed E-state index contributed by atoms with van der Waals surface area (Å²) in [7, 11) is 0. The monoisotopic (exact) mass is 547 g/mol. The first-order valence-electron chi connectivity index (χ1n) is 12.9. The van der Waals surface area contributed by atoms with E-state index >= 15 is 0 Å². The molecular weight excluding hydrogens is 514 g/mol. The highest BCUT2D eigenvalue weighted by atomic mass is 19.4. The molecule has 0 radical (unpaired) electrons. The fourth-order valence-corrected chi connectivity index (χ4v) is 4.77. The molecular formula is C28H33F4N5O2. The Kier molecular flexibility index (Phi) is 7.64. The number of carbonyl (C=O) groups excluding carboxylic acids is 2. The number of amides is 3. The maximum Gasteiger partial charge on any atom is 0.419 e. The third kappa shape index (κ3) is 6.34. The molecule has 4 rings (SSSR count). The van der Waals surface area contributed by atoms with Crippen LogP contribution in [0.2, 0.25) is 0 Å². The van der Waals surface area contributed by atoms with Crippen LogP contribution >= 0.6 is 0 Å². The van der Waals surface area contributed by atoms with Crippen molar-refractivity contribution in [3.63, 3.8) is 0 Å². The lowest BCUT2D eigenvalue weighted by Gasteiger charge is -2.32. The molecule has 3 aliphatic heterocycles. The first-order valence-corrected chi connectivity index (χ1v) is 12.9. The van der Waals surface area contributed by atoms with E-state index in [-0.39, 0.29) is 28.7 Å². The molecule has 0 aromatic heterocycles. The van der Waals surface area contributed by atoms with E-state index in [0.717, 1.165) is 17.2 Å². The van der Waals surface area contributed by atoms with Crippen LogP contribution in [0, 0.1) is 5.82 Å². The lowest BCUT2D eigenvalue weighted by Crippen LogP contribution is -2.49. The Labute approximate surface area is 225 Å². The number of benzene rings is 1. The topological polar surface area (TPSA) is 77.0 Å². The van der Waals surface area contributed by atoms with Crippen LogP contribution in [-0.2, 0) is 11.0 Å². The predicted octanol–water partition coefficient (Wildman–Crippen LogP) is 5.09. The molecule has 0 aliphatic carbocycles. The normalized spacial score (nSPS) is 20.4. The Bertz CT molecular complexity index is 1290. The standard InChI is InChI=1S/C28H33F4N5O2/c1-16-14-37-15-19(18-9-11-36(12-10-18)26(39)35-27(3,4)5)13-21(24(37)33-16)25(38)34-17(2)20-7-6-8-22(23(20)29)28(30,31)32/h6-9,13,15-17H,10-12,14H2,1-5H3,(H,34,38)(H,35,39)/t16-,17-/m1/s1. The van der Waals surface area contributed by atoms with Gasteiger partial charge in [0.1, 0.15) is 11.7 Å². The summed E-state index contributed by atoms with van der Waals surface area (Å²) in [6.45, 7) is 10.6. The van der Waals surface area contributed by atoms with Gasteiger partial charge in [-0.15, -0.1) is 0 Å². The Hall–Kier alpha value is -3.63. The van der Waals surface area contributed by atoms with Crippen LogP contribution in [0.1, 0.15) is 58.2 Å². The Morgan fingerprint density at radius 2 is 1.90 bits per heavy atom. The highest BCUT2D eigenvalue weighted by Gasteiger charge is 2.36. The Morgan fingerprint density at radius 3 is 2.51 bits per heavy atom. The number of rotatable bonds is 4. The maximum atomic E-state index is 14.7. The predicted molar refractivity (Wildman–Crippen MR) is 140 cm³/mol. The number of allylic oxidation sites excluding steroid dienone is 2. The van der Waals surface area contributed by atoms with Gasteiger partial charge in [0.25, 0.3) is 5.91 Å². The molecule has 11 heteroatoms. The van der Waals surface area contributed by atoms with Crippen LogP contribution in [0.4, 0.5) is 22.4 Å². The van der Waals surface area contributed by atoms with Crippen molar-refractivity contribution in [2.45, 2.75) is 64.8 Å². The van der Waals surface area contributed by atoms with E-state index < -0.39 is 29.5 Å². The highest BCUT2D eigenvalue weighted by molar-refractivity contribution is 6.22. The van der Waals surface area contributed by atoms with Gasteiger partial charge in [0.05, 0.1) is 23.2 Å². The summed E-state index contributed by atoms with van der Waals surface area (Å²) in [4.78, 5) is 34.1. The fraction of sp³-hybridized carbons (Fsp3) is 0.464. The SMILES string of the molecule is C[C@@H]1CN2C=C(C3=CCN(C(=O)NC(C)(C)C)CC3)C=C(C(=O)N[C@H](C)c3cccc(C(F)(F)F)c3F)C2=N1. The number of nitrogens with one attached hydrogen (secondary N) is 2. The summed E-state index contributed by atoms with van der Waals surface area (Å²) in [5.41, 5.74) is 0.0294. The number of hydrogen-bond acceptors (Lipinski definition) is 4. The molecule has 3 heterocycles. The zero-order chi connectivity index (χ0) is 28.7. The molecule has 0 spiro atoms. The Morgan fingerprint density at radius 1 is 1.18 bits per heavy atom. The van der Waals surface area contributed by atoms with Gasteiger partial charge in [0.2, 0.25) is 0 Å². The van der Waals surface area contributed by atoms with Crippen molar-refractivity contribution in [1.82, 2.24) is 20.4 Å². The van der Waals surface area contributed by atoms with Crippen LogP contribution in [0.5, 0.6) is 0 Å². The van der Waals surface area contributed by atoms with Gasteiger partial charge in [-0.3, -0.25) is 9.79 Å². The van der Waals surface area contributed by atoms with E-state index in [1.54, 1.807) is 11.0 Å². The van der Waals surface area contributed by atoms with Gasteiger partial charge in [0, 0.05) is 36.9 Å². The summed E-state index contributed by atoms with van der Waals surface area (Å²) in [6, 6.07) is 1.78. The first-order chi connectivity index (χ1) is 18.1. The zero-order valence-electron chi connectivity index (χ0n) is 22.6. The number of aliphatic imine (C=N–C) groups is 1. The smallest absolute Gasteiger partial charge is 0.345 e. The zero-order valence-corrected chi connectivity index (χ0v) is 22.6. The second-order valence-corrected chi connectivity index (χ2v) is 11.1. The number of carbonyl (C=O) groups is 2. The number of amidine groups is 1. The molecule has 1 aromatic rings. The maximum absolute atomic E-state index is 14.7. The van der Waals surface area contributed by atoms with Crippen molar-refractivity contribution in [2.75, 3.05) is 19.6 Å². The molecule has 2 N–H and O–H groups in total. The number of alkyl halides is 3. The minimum atomic E-state index is -4.85. The summed E-state index contributed by atoms with van der Waals surface area (Å²) >= 11 is 0. The van der Waals surface area contributed by atoms with Crippen molar-refractivity contribution >= 4 is 17.8 Å². The van der Waals surface area contributed by atoms with Gasteiger partial charge in [0.15, 0.2) is 0 Å². The van der Waals surface area contributed by atoms with Crippen LogP contribution in [0.15, 0.2) is 58.3 Å². The van der Waals surface area contributed by atoms with E-state index in [1.807, 2.05) is 44.9 Å². The van der Waals surface area contributed by atoms with Crippen molar-refractivity contribution in [1.29, 1.82) is 0 Å². The molecule has 7 nitrogen and oxygen atoms in total. The molecule has 0 saturated heterocycles. The largest absolute Gasteiger partial charge is 0.419 e. The van der Waals surface area contributed by atoms with Crippen molar-refractivity contribution < 1.29 is 27.2 Å². The van der Waals surface area contributed by atoms with Gasteiger partial charge in [-0.1, -0.05) is 18.2 Å². The quantitative estimate of drug-likeness (QED) is 0.516. The molecule has 0 bridgehead atoms. The molecule has 0 saturated carbocycles. The fourth-order valence-electron chi connectivity index (χ4n) is 4.77. The van der Waals surface area contributed by atoms with E-state index in [9.17, 15) is 27.2 Å². The number of urea groups is 1. The van der Waals surface area contributed by atoms with Crippen LogP contribution < -0.4 is 10.6 Å². The van der Waals surface area contributed by atoms with E-state index in [1.165, 1.54) is 13.0 Å². The van der Waals surface area contributed by atoms with Gasteiger partial charge < -0.3 is 20.4 Å². The van der Waals surface area contributed by atoms with Gasteiger partial charge in [-0.25, -0.2) is 9.18 Å². The minimum Gasteiger partial charge on any atom is -0.345 e. The molecule has 3 aliphatic rings. The summed E-state index contributed by atoms with van der Waals surface area (Å²) in [6.07, 6.45) is 1.31. The number of halogens is 4. The summed E-state index contributed by atoms with van der Waals surface area (Å²) in [5.74, 6) is -1.51. The van der Waals surface area contributed by atoms with E-state index in [2.05, 4.69) is 15.6 Å². The molecule has 2 atom stereocenters. The average Bonchev–Trinajstić information content (AvgIpc) is 3.21. The van der Waals surface area contributed by atoms with E-state index in [4.69, 9.17) is 0 Å². The first kappa shape index (κ1) is 28.4. The van der Waals surface area contributed by atoms with Gasteiger partial charge in [-0.05, 0) is 64.3 Å². The number of nitrogens with zero attached hydrogens (tertiary/aromatic N) is 3. The van der Waals surface area contributed by atoms with Crippen molar-refractivity contribution in [2.24, 2.45) is 4.99 Å². The number of hydrogen-bond donors (Lipinski definition) is 2. The minimum absolute atomic E-state index is 0.0675. The summed E-state index contributed by atoms with van der Waals surface area (Å²) in [5, 5.41) is 5.60. The molecule has 39 heavy (non-hydrogen) atoms. The van der Waals surface area contributed by atoms with Gasteiger partial charge in [-0.2, -0.15) is 13.2 Å². The van der Waals surface area contributed by atoms with Crippen LogP contribution in [-0.4, -0.2) is 58.8 Å². The molecule has 210 valence electrons. The Balaban J connectivity index is 1.55. The van der Waals surface area contributed by atoms with Gasteiger partial charge >= 0.3 is 12.2 Å². The second-order valence-electron chi connectivity index (χ2n) is 11.1. The average molecular weight is 548 g/mol. The van der Waals surface area contributed by atoms with Crippen LogP contribution in [0.25, 0.3) is 0 Å². The van der Waals surface area contributed by atoms with Crippen molar-refractivity contribution in [3.8, 4) is 0 Å². The number of fused-ring (bicyclic) bond motifs is 1. The molecule has 0 unspecified atom stereocenters. The molecule has 1 aromatic carbocycles. The highest BCUT2D eigenvalue weighted by Crippen LogP contribution is 2.34. The second kappa shape index (κ2) is 10.5. The third-order valence-corrected chi connectivity index (χ3v) is 6.65. The molecule has 3 amide bonds. The lowest BCUT2D eigenvalue weighted by molar-refractivity contribution is -0.140. The molecule has 0 fully saturated rings. The van der Waals surface area contributed by atoms with Crippen molar-refractivity contribution in [3.05, 3.63) is 70.2 Å². The lowest BCUT2D eigenvalue weighted by atomic mass is 9.95. The summed E-state index contributed by atoms with van der Waals surface area (Å²) < 4.78 is 54.3.